The lowest BCUT2D eigenvalue weighted by Gasteiger charge is -2.36. The minimum Gasteiger partial charge on any atom is -0.443 e. The summed E-state index contributed by atoms with van der Waals surface area (Å²) in [5, 5.41) is 4.91. The highest BCUT2D eigenvalue weighted by Crippen LogP contribution is 2.26. The SMILES string of the molecule is CC(C)CC(=O)N1Cc2ccccc2CC1C(=O)NCc1coc(-c2cccs2)n1. The Balaban J connectivity index is 1.47. The van der Waals surface area contributed by atoms with Crippen LogP contribution in [0.2, 0.25) is 0 Å². The number of rotatable bonds is 6. The van der Waals surface area contributed by atoms with Gasteiger partial charge in [0.15, 0.2) is 0 Å². The van der Waals surface area contributed by atoms with Gasteiger partial charge in [-0.2, -0.15) is 0 Å². The highest BCUT2D eigenvalue weighted by molar-refractivity contribution is 7.13. The first-order valence-electron chi connectivity index (χ1n) is 10.1. The van der Waals surface area contributed by atoms with E-state index < -0.39 is 6.04 Å². The first-order valence-corrected chi connectivity index (χ1v) is 11.0. The van der Waals surface area contributed by atoms with Crippen LogP contribution < -0.4 is 5.32 Å². The van der Waals surface area contributed by atoms with Gasteiger partial charge >= 0.3 is 0 Å². The third kappa shape index (κ3) is 4.46. The van der Waals surface area contributed by atoms with Crippen molar-refractivity contribution in [1.82, 2.24) is 15.2 Å². The van der Waals surface area contributed by atoms with Crippen molar-refractivity contribution in [2.75, 3.05) is 0 Å². The molecule has 3 aromatic rings. The molecule has 156 valence electrons. The molecular weight excluding hydrogens is 398 g/mol. The van der Waals surface area contributed by atoms with Crippen LogP contribution in [0.5, 0.6) is 0 Å². The predicted octanol–water partition coefficient (Wildman–Crippen LogP) is 4.02. The Morgan fingerprint density at radius 3 is 2.77 bits per heavy atom. The molecule has 1 atom stereocenters. The zero-order chi connectivity index (χ0) is 21.1. The number of carbonyl (C=O) groups is 2. The van der Waals surface area contributed by atoms with Gasteiger partial charge in [0.25, 0.3) is 0 Å². The average Bonchev–Trinajstić information content (AvgIpc) is 3.42. The van der Waals surface area contributed by atoms with Crippen LogP contribution >= 0.6 is 11.3 Å². The maximum Gasteiger partial charge on any atom is 0.243 e. The van der Waals surface area contributed by atoms with Gasteiger partial charge in [-0.1, -0.05) is 44.2 Å². The second-order valence-electron chi connectivity index (χ2n) is 7.95. The normalized spacial score (nSPS) is 15.8. The molecule has 1 N–H and O–H groups in total. The fraction of sp³-hybridized carbons (Fsp3) is 0.348. The summed E-state index contributed by atoms with van der Waals surface area (Å²) in [5.74, 6) is 0.641. The molecule has 0 aliphatic carbocycles. The predicted molar refractivity (Wildman–Crippen MR) is 116 cm³/mol. The summed E-state index contributed by atoms with van der Waals surface area (Å²) in [6, 6.07) is 11.4. The molecule has 0 saturated carbocycles. The molecule has 2 aromatic heterocycles. The van der Waals surface area contributed by atoms with E-state index in [4.69, 9.17) is 4.42 Å². The van der Waals surface area contributed by atoms with Gasteiger partial charge in [0.2, 0.25) is 17.7 Å². The molecule has 4 rings (SSSR count). The molecule has 0 radical (unpaired) electrons. The quantitative estimate of drug-likeness (QED) is 0.650. The Morgan fingerprint density at radius 1 is 1.23 bits per heavy atom. The smallest absolute Gasteiger partial charge is 0.243 e. The minimum absolute atomic E-state index is 0.0149. The van der Waals surface area contributed by atoms with Crippen LogP contribution in [0.4, 0.5) is 0 Å². The summed E-state index contributed by atoms with van der Waals surface area (Å²) in [6.45, 7) is 4.76. The summed E-state index contributed by atoms with van der Waals surface area (Å²) in [7, 11) is 0. The number of benzene rings is 1. The second kappa shape index (κ2) is 8.83. The zero-order valence-corrected chi connectivity index (χ0v) is 17.9. The number of thiophene rings is 1. The topological polar surface area (TPSA) is 75.4 Å². The fourth-order valence-corrected chi connectivity index (χ4v) is 4.34. The van der Waals surface area contributed by atoms with Crippen molar-refractivity contribution >= 4 is 23.2 Å². The summed E-state index contributed by atoms with van der Waals surface area (Å²) >= 11 is 1.55. The lowest BCUT2D eigenvalue weighted by molar-refractivity contribution is -0.142. The van der Waals surface area contributed by atoms with Gasteiger partial charge in [0.1, 0.15) is 12.3 Å². The van der Waals surface area contributed by atoms with Crippen molar-refractivity contribution in [1.29, 1.82) is 0 Å². The maximum atomic E-state index is 13.1. The number of amides is 2. The van der Waals surface area contributed by atoms with Crippen LogP contribution in [0.1, 0.15) is 37.1 Å². The first-order chi connectivity index (χ1) is 14.5. The lowest BCUT2D eigenvalue weighted by atomic mass is 9.92. The molecule has 1 aliphatic heterocycles. The third-order valence-corrected chi connectivity index (χ3v) is 6.04. The van der Waals surface area contributed by atoms with Crippen molar-refractivity contribution in [3.63, 3.8) is 0 Å². The van der Waals surface area contributed by atoms with Crippen molar-refractivity contribution in [3.05, 3.63) is 64.9 Å². The third-order valence-electron chi connectivity index (χ3n) is 5.18. The molecule has 0 spiro atoms. The summed E-state index contributed by atoms with van der Waals surface area (Å²) in [6.07, 6.45) is 2.51. The van der Waals surface area contributed by atoms with E-state index in [-0.39, 0.29) is 24.3 Å². The number of hydrogen-bond donors (Lipinski definition) is 1. The number of carbonyl (C=O) groups excluding carboxylic acids is 2. The number of aromatic nitrogens is 1. The van der Waals surface area contributed by atoms with Crippen LogP contribution in [0.3, 0.4) is 0 Å². The molecule has 2 amide bonds. The number of nitrogens with zero attached hydrogens (tertiary/aromatic N) is 2. The summed E-state index contributed by atoms with van der Waals surface area (Å²) in [4.78, 5) is 33.0. The molecule has 6 nitrogen and oxygen atoms in total. The second-order valence-corrected chi connectivity index (χ2v) is 8.90. The Kier molecular flexibility index (Phi) is 5.99. The highest BCUT2D eigenvalue weighted by Gasteiger charge is 2.34. The van der Waals surface area contributed by atoms with Crippen LogP contribution in [-0.4, -0.2) is 27.7 Å². The van der Waals surface area contributed by atoms with Crippen LogP contribution in [-0.2, 0) is 29.1 Å². The number of oxazole rings is 1. The van der Waals surface area contributed by atoms with Gasteiger partial charge in [-0.25, -0.2) is 4.98 Å². The van der Waals surface area contributed by atoms with Crippen LogP contribution in [0.25, 0.3) is 10.8 Å². The standard InChI is InChI=1S/C23H25N3O3S/c1-15(2)10-21(27)26-13-17-7-4-3-6-16(17)11-19(26)22(28)24-12-18-14-29-23(25-18)20-8-5-9-30-20/h3-9,14-15,19H,10-13H2,1-2H3,(H,24,28). The molecule has 3 heterocycles. The maximum absolute atomic E-state index is 13.1. The first kappa shape index (κ1) is 20.3. The number of fused-ring (bicyclic) bond motifs is 1. The molecule has 0 saturated heterocycles. The summed E-state index contributed by atoms with van der Waals surface area (Å²) < 4.78 is 5.52. The van der Waals surface area contributed by atoms with E-state index in [0.717, 1.165) is 16.0 Å². The van der Waals surface area contributed by atoms with Gasteiger partial charge in [-0.3, -0.25) is 9.59 Å². The Morgan fingerprint density at radius 2 is 2.03 bits per heavy atom. The molecule has 1 unspecified atom stereocenters. The van der Waals surface area contributed by atoms with Crippen molar-refractivity contribution in [2.45, 2.75) is 45.8 Å². The highest BCUT2D eigenvalue weighted by atomic mass is 32.1. The Bertz CT molecular complexity index is 1030. The molecule has 1 aliphatic rings. The minimum atomic E-state index is -0.519. The number of nitrogens with one attached hydrogen (secondary N) is 1. The zero-order valence-electron chi connectivity index (χ0n) is 17.1. The Labute approximate surface area is 179 Å². The molecular formula is C23H25N3O3S. The van der Waals surface area contributed by atoms with Gasteiger partial charge in [0, 0.05) is 19.4 Å². The van der Waals surface area contributed by atoms with Gasteiger partial charge < -0.3 is 14.6 Å². The van der Waals surface area contributed by atoms with Gasteiger partial charge in [-0.15, -0.1) is 11.3 Å². The average molecular weight is 424 g/mol. The van der Waals surface area contributed by atoms with Crippen molar-refractivity contribution in [2.24, 2.45) is 5.92 Å². The molecule has 1 aromatic carbocycles. The Hall–Kier alpha value is -2.93. The summed E-state index contributed by atoms with van der Waals surface area (Å²) in [5.41, 5.74) is 2.88. The number of hydrogen-bond acceptors (Lipinski definition) is 5. The molecule has 0 bridgehead atoms. The van der Waals surface area contributed by atoms with E-state index >= 15 is 0 Å². The van der Waals surface area contributed by atoms with Crippen molar-refractivity contribution in [3.8, 4) is 10.8 Å². The van der Waals surface area contributed by atoms with E-state index in [1.807, 2.05) is 55.6 Å². The monoisotopic (exact) mass is 423 g/mol. The molecule has 30 heavy (non-hydrogen) atoms. The van der Waals surface area contributed by atoms with E-state index in [9.17, 15) is 9.59 Å². The molecule has 0 fully saturated rings. The van der Waals surface area contributed by atoms with Crippen LogP contribution in [0.15, 0.2) is 52.5 Å². The van der Waals surface area contributed by atoms with Gasteiger partial charge in [-0.05, 0) is 28.5 Å². The van der Waals surface area contributed by atoms with Crippen LogP contribution in [0, 0.1) is 5.92 Å². The van der Waals surface area contributed by atoms with E-state index in [0.29, 0.717) is 31.0 Å². The fourth-order valence-electron chi connectivity index (χ4n) is 3.68. The van der Waals surface area contributed by atoms with E-state index in [2.05, 4.69) is 10.3 Å². The van der Waals surface area contributed by atoms with Crippen molar-refractivity contribution < 1.29 is 14.0 Å². The molecule has 7 heteroatoms. The van der Waals surface area contributed by atoms with E-state index in [1.54, 1.807) is 22.5 Å². The largest absolute Gasteiger partial charge is 0.443 e. The lowest BCUT2D eigenvalue weighted by Crippen LogP contribution is -2.52. The van der Waals surface area contributed by atoms with E-state index in [1.165, 1.54) is 0 Å². The van der Waals surface area contributed by atoms with Gasteiger partial charge in [0.05, 0.1) is 17.1 Å².